The summed E-state index contributed by atoms with van der Waals surface area (Å²) in [6.45, 7) is 0.822. The van der Waals surface area contributed by atoms with Gasteiger partial charge in [0.15, 0.2) is 11.7 Å². The van der Waals surface area contributed by atoms with Gasteiger partial charge < -0.3 is 9.64 Å². The van der Waals surface area contributed by atoms with Gasteiger partial charge in [0.05, 0.1) is 17.3 Å². The van der Waals surface area contributed by atoms with Crippen LogP contribution in [0.2, 0.25) is 10.0 Å². The van der Waals surface area contributed by atoms with Crippen molar-refractivity contribution in [2.24, 2.45) is 0 Å². The highest BCUT2D eigenvalue weighted by molar-refractivity contribution is 7.15. The van der Waals surface area contributed by atoms with Crippen molar-refractivity contribution in [3.05, 3.63) is 68.9 Å². The lowest BCUT2D eigenvalue weighted by Gasteiger charge is -2.26. The van der Waals surface area contributed by atoms with Crippen molar-refractivity contribution in [2.75, 3.05) is 18.5 Å². The summed E-state index contributed by atoms with van der Waals surface area (Å²) >= 11 is 13.3. The minimum Gasteiger partial charge on any atom is -0.482 e. The van der Waals surface area contributed by atoms with Gasteiger partial charge in [-0.1, -0.05) is 40.6 Å². The Balaban J connectivity index is 1.36. The fourth-order valence-electron chi connectivity index (χ4n) is 2.94. The zero-order valence-corrected chi connectivity index (χ0v) is 17.9. The van der Waals surface area contributed by atoms with Crippen molar-refractivity contribution < 1.29 is 14.3 Å². The Kier molecular flexibility index (Phi) is 6.17. The summed E-state index contributed by atoms with van der Waals surface area (Å²) < 4.78 is 5.54. The number of amides is 2. The highest BCUT2D eigenvalue weighted by Gasteiger charge is 2.25. The summed E-state index contributed by atoms with van der Waals surface area (Å²) in [7, 11) is 0. The van der Waals surface area contributed by atoms with Crippen molar-refractivity contribution in [2.45, 2.75) is 13.0 Å². The second-order valence-electron chi connectivity index (χ2n) is 6.49. The molecule has 30 heavy (non-hydrogen) atoms. The van der Waals surface area contributed by atoms with E-state index in [2.05, 4.69) is 15.3 Å². The summed E-state index contributed by atoms with van der Waals surface area (Å²) in [5.41, 5.74) is 1.21. The molecule has 0 radical (unpaired) electrons. The maximum atomic E-state index is 12.6. The topological polar surface area (TPSA) is 84.4 Å². The molecule has 1 aromatic carbocycles. The molecule has 1 aliphatic heterocycles. The van der Waals surface area contributed by atoms with Gasteiger partial charge in [-0.2, -0.15) is 0 Å². The summed E-state index contributed by atoms with van der Waals surface area (Å²) in [4.78, 5) is 36.0. The maximum absolute atomic E-state index is 12.6. The number of hydrogen-bond donors (Lipinski definition) is 1. The van der Waals surface area contributed by atoms with Gasteiger partial charge in [-0.3, -0.25) is 19.9 Å². The standard InChI is InChI=1S/C20H16Cl2N4O3S/c21-12-4-5-16(13(22)9-12)29-11-18(27)26-8-6-14-17(10-26)30-20(24-14)25-19(28)15-3-1-2-7-23-15/h1-5,7,9H,6,8,10-11H2,(H,24,25,28). The van der Waals surface area contributed by atoms with Crippen LogP contribution in [0.1, 0.15) is 21.1 Å². The molecule has 1 N–H and O–H groups in total. The number of hydrogen-bond acceptors (Lipinski definition) is 6. The van der Waals surface area contributed by atoms with Crippen LogP contribution in [0, 0.1) is 0 Å². The second kappa shape index (κ2) is 8.99. The molecule has 4 rings (SSSR count). The molecule has 154 valence electrons. The number of nitrogens with zero attached hydrogens (tertiary/aromatic N) is 3. The number of rotatable bonds is 5. The van der Waals surface area contributed by atoms with E-state index in [9.17, 15) is 9.59 Å². The van der Waals surface area contributed by atoms with Gasteiger partial charge in [-0.25, -0.2) is 4.98 Å². The molecule has 0 bridgehead atoms. The number of pyridine rings is 1. The number of anilines is 1. The molecule has 3 aromatic rings. The predicted molar refractivity (Wildman–Crippen MR) is 115 cm³/mol. The molecule has 2 amide bonds. The van der Waals surface area contributed by atoms with E-state index in [1.807, 2.05) is 0 Å². The Morgan fingerprint density at radius 3 is 2.87 bits per heavy atom. The smallest absolute Gasteiger partial charge is 0.276 e. The molecule has 2 aromatic heterocycles. The first kappa shape index (κ1) is 20.6. The number of thiazole rings is 1. The number of ether oxygens (including phenoxy) is 1. The third kappa shape index (κ3) is 4.72. The van der Waals surface area contributed by atoms with E-state index in [0.29, 0.717) is 46.1 Å². The molecule has 0 aliphatic carbocycles. The van der Waals surface area contributed by atoms with Crippen LogP contribution in [-0.2, 0) is 17.8 Å². The average Bonchev–Trinajstić information content (AvgIpc) is 3.15. The molecule has 0 fully saturated rings. The Morgan fingerprint density at radius 1 is 1.23 bits per heavy atom. The second-order valence-corrected chi connectivity index (χ2v) is 8.41. The highest BCUT2D eigenvalue weighted by atomic mass is 35.5. The van der Waals surface area contributed by atoms with Gasteiger partial charge in [0.1, 0.15) is 11.4 Å². The number of nitrogens with one attached hydrogen (secondary N) is 1. The van der Waals surface area contributed by atoms with Gasteiger partial charge in [-0.15, -0.1) is 0 Å². The van der Waals surface area contributed by atoms with Gasteiger partial charge >= 0.3 is 0 Å². The molecule has 0 unspecified atom stereocenters. The Labute approximate surface area is 186 Å². The van der Waals surface area contributed by atoms with Crippen molar-refractivity contribution >= 4 is 51.5 Å². The summed E-state index contributed by atoms with van der Waals surface area (Å²) in [6.07, 6.45) is 2.17. The Hall–Kier alpha value is -2.68. The summed E-state index contributed by atoms with van der Waals surface area (Å²) in [6, 6.07) is 9.97. The molecule has 10 heteroatoms. The van der Waals surface area contributed by atoms with Crippen LogP contribution in [0.25, 0.3) is 0 Å². The lowest BCUT2D eigenvalue weighted by molar-refractivity contribution is -0.134. The summed E-state index contributed by atoms with van der Waals surface area (Å²) in [5.74, 6) is -0.0635. The van der Waals surface area contributed by atoms with E-state index in [0.717, 1.165) is 10.6 Å². The molecule has 0 saturated carbocycles. The SMILES string of the molecule is O=C(Nc1nc2c(s1)CN(C(=O)COc1ccc(Cl)cc1Cl)CC2)c1ccccn1. The van der Waals surface area contributed by atoms with E-state index in [-0.39, 0.29) is 18.4 Å². The van der Waals surface area contributed by atoms with E-state index < -0.39 is 0 Å². The minimum absolute atomic E-state index is 0.126. The van der Waals surface area contributed by atoms with Crippen molar-refractivity contribution in [3.63, 3.8) is 0 Å². The Morgan fingerprint density at radius 2 is 2.10 bits per heavy atom. The average molecular weight is 463 g/mol. The quantitative estimate of drug-likeness (QED) is 0.617. The first-order valence-corrected chi connectivity index (χ1v) is 10.6. The normalized spacial score (nSPS) is 12.9. The molecule has 1 aliphatic rings. The molecule has 3 heterocycles. The molecule has 0 atom stereocenters. The zero-order valence-electron chi connectivity index (χ0n) is 15.6. The summed E-state index contributed by atoms with van der Waals surface area (Å²) in [5, 5.41) is 4.12. The first-order chi connectivity index (χ1) is 14.5. The number of carbonyl (C=O) groups is 2. The van der Waals surface area contributed by atoms with Gasteiger partial charge in [0, 0.05) is 29.1 Å². The minimum atomic E-state index is -0.317. The largest absolute Gasteiger partial charge is 0.482 e. The number of halogens is 2. The van der Waals surface area contributed by atoms with E-state index in [4.69, 9.17) is 27.9 Å². The van der Waals surface area contributed by atoms with Crippen molar-refractivity contribution in [1.29, 1.82) is 0 Å². The van der Waals surface area contributed by atoms with E-state index in [1.165, 1.54) is 11.3 Å². The van der Waals surface area contributed by atoms with Gasteiger partial charge in [0.2, 0.25) is 0 Å². The zero-order chi connectivity index (χ0) is 21.1. The van der Waals surface area contributed by atoms with E-state index in [1.54, 1.807) is 47.5 Å². The molecular weight excluding hydrogens is 447 g/mol. The van der Waals surface area contributed by atoms with Crippen LogP contribution in [0.15, 0.2) is 42.6 Å². The van der Waals surface area contributed by atoms with Crippen LogP contribution < -0.4 is 10.1 Å². The number of carbonyl (C=O) groups excluding carboxylic acids is 2. The van der Waals surface area contributed by atoms with Crippen LogP contribution in [0.5, 0.6) is 5.75 Å². The van der Waals surface area contributed by atoms with Crippen LogP contribution in [-0.4, -0.2) is 39.8 Å². The molecule has 7 nitrogen and oxygen atoms in total. The number of fused-ring (bicyclic) bond motifs is 1. The third-order valence-electron chi connectivity index (χ3n) is 4.45. The highest BCUT2D eigenvalue weighted by Crippen LogP contribution is 2.30. The van der Waals surface area contributed by atoms with Crippen LogP contribution in [0.4, 0.5) is 5.13 Å². The molecule has 0 spiro atoms. The lowest BCUT2D eigenvalue weighted by atomic mass is 10.2. The number of aromatic nitrogens is 2. The van der Waals surface area contributed by atoms with Gasteiger partial charge in [0.25, 0.3) is 11.8 Å². The monoisotopic (exact) mass is 462 g/mol. The first-order valence-electron chi connectivity index (χ1n) is 9.06. The third-order valence-corrected chi connectivity index (χ3v) is 5.98. The number of benzene rings is 1. The van der Waals surface area contributed by atoms with Crippen LogP contribution >= 0.6 is 34.5 Å². The molecular formula is C20H16Cl2N4O3S. The van der Waals surface area contributed by atoms with E-state index >= 15 is 0 Å². The fraction of sp³-hybridized carbons (Fsp3) is 0.200. The van der Waals surface area contributed by atoms with Crippen LogP contribution in [0.3, 0.4) is 0 Å². The van der Waals surface area contributed by atoms with Crippen molar-refractivity contribution in [3.8, 4) is 5.75 Å². The Bertz CT molecular complexity index is 1090. The van der Waals surface area contributed by atoms with Gasteiger partial charge in [-0.05, 0) is 30.3 Å². The maximum Gasteiger partial charge on any atom is 0.276 e. The lowest BCUT2D eigenvalue weighted by Crippen LogP contribution is -2.38. The fourth-order valence-corrected chi connectivity index (χ4v) is 4.42. The van der Waals surface area contributed by atoms with Crippen molar-refractivity contribution in [1.82, 2.24) is 14.9 Å². The predicted octanol–water partition coefficient (Wildman–Crippen LogP) is 4.06. The molecule has 0 saturated heterocycles.